The zero-order valence-corrected chi connectivity index (χ0v) is 17.2. The molecule has 2 heterocycles. The number of piperidine rings is 1. The monoisotopic (exact) mass is 408 g/mol. The van der Waals surface area contributed by atoms with Crippen LogP contribution in [0.3, 0.4) is 0 Å². The van der Waals surface area contributed by atoms with Crippen molar-refractivity contribution in [2.75, 3.05) is 6.54 Å². The summed E-state index contributed by atoms with van der Waals surface area (Å²) in [7, 11) is 0. The van der Waals surface area contributed by atoms with E-state index in [4.69, 9.17) is 17.3 Å². The van der Waals surface area contributed by atoms with E-state index in [0.29, 0.717) is 24.4 Å². The molecule has 0 bridgehead atoms. The zero-order valence-electron chi connectivity index (χ0n) is 16.4. The van der Waals surface area contributed by atoms with Crippen LogP contribution in [0.2, 0.25) is 5.02 Å². The van der Waals surface area contributed by atoms with Crippen molar-refractivity contribution in [2.24, 2.45) is 5.73 Å². The molecule has 2 saturated heterocycles. The van der Waals surface area contributed by atoms with Gasteiger partial charge in [0.05, 0.1) is 6.54 Å². The Morgan fingerprint density at radius 2 is 1.93 bits per heavy atom. The van der Waals surface area contributed by atoms with Crippen molar-refractivity contribution >= 4 is 29.3 Å². The van der Waals surface area contributed by atoms with Crippen molar-refractivity contribution in [3.63, 3.8) is 0 Å². The molecule has 0 spiro atoms. The van der Waals surface area contributed by atoms with Crippen LogP contribution in [-0.4, -0.2) is 47.3 Å². The summed E-state index contributed by atoms with van der Waals surface area (Å²) in [6, 6.07) is 6.26. The second kappa shape index (κ2) is 10.4. The molecule has 154 valence electrons. The van der Waals surface area contributed by atoms with Gasteiger partial charge in [0.15, 0.2) is 0 Å². The summed E-state index contributed by atoms with van der Waals surface area (Å²) < 4.78 is 0. The summed E-state index contributed by atoms with van der Waals surface area (Å²) in [4.78, 5) is 38.6. The highest BCUT2D eigenvalue weighted by molar-refractivity contribution is 6.30. The third-order valence-electron chi connectivity index (χ3n) is 5.02. The van der Waals surface area contributed by atoms with Crippen LogP contribution < -0.4 is 16.4 Å². The molecule has 3 amide bonds. The Kier molecular flexibility index (Phi) is 8.26. The van der Waals surface area contributed by atoms with Crippen LogP contribution in [0.25, 0.3) is 0 Å². The number of amides is 3. The average molecular weight is 409 g/mol. The van der Waals surface area contributed by atoms with Crippen LogP contribution in [0.4, 0.5) is 0 Å². The maximum absolute atomic E-state index is 12.8. The van der Waals surface area contributed by atoms with Gasteiger partial charge in [0, 0.05) is 17.6 Å². The van der Waals surface area contributed by atoms with Crippen LogP contribution in [0.1, 0.15) is 45.1 Å². The fourth-order valence-electron chi connectivity index (χ4n) is 3.76. The predicted octanol–water partition coefficient (Wildman–Crippen LogP) is 1.58. The molecule has 4 N–H and O–H groups in total. The van der Waals surface area contributed by atoms with Crippen LogP contribution in [0.15, 0.2) is 24.3 Å². The van der Waals surface area contributed by atoms with E-state index in [-0.39, 0.29) is 30.3 Å². The number of nitrogens with one attached hydrogen (secondary N) is 2. The number of rotatable bonds is 5. The van der Waals surface area contributed by atoms with Crippen molar-refractivity contribution in [2.45, 2.75) is 64.2 Å². The minimum absolute atomic E-state index is 0.0652. The van der Waals surface area contributed by atoms with Crippen molar-refractivity contribution in [1.29, 1.82) is 0 Å². The summed E-state index contributed by atoms with van der Waals surface area (Å²) in [6.45, 7) is 4.20. The minimum atomic E-state index is -0.594. The van der Waals surface area contributed by atoms with Gasteiger partial charge >= 0.3 is 0 Å². The Bertz CT molecular complexity index is 712. The Balaban J connectivity index is 0.00000136. The summed E-state index contributed by atoms with van der Waals surface area (Å²) in [5, 5.41) is 6.16. The third-order valence-corrected chi connectivity index (χ3v) is 5.26. The molecule has 2 aliphatic rings. The van der Waals surface area contributed by atoms with E-state index in [9.17, 15) is 14.4 Å². The average Bonchev–Trinajstić information content (AvgIpc) is 3.15. The molecule has 0 saturated carbocycles. The van der Waals surface area contributed by atoms with Gasteiger partial charge < -0.3 is 21.3 Å². The number of halogens is 1. The van der Waals surface area contributed by atoms with E-state index in [0.717, 1.165) is 18.4 Å². The third kappa shape index (κ3) is 5.23. The largest absolute Gasteiger partial charge is 0.350 e. The highest BCUT2D eigenvalue weighted by atomic mass is 35.5. The number of carbonyl (C=O) groups is 3. The molecule has 0 radical (unpaired) electrons. The molecule has 2 unspecified atom stereocenters. The second-order valence-electron chi connectivity index (χ2n) is 6.74. The Morgan fingerprint density at radius 3 is 2.61 bits per heavy atom. The number of benzene rings is 1. The number of hydrogen-bond acceptors (Lipinski definition) is 4. The van der Waals surface area contributed by atoms with E-state index in [1.807, 2.05) is 26.0 Å². The first-order chi connectivity index (χ1) is 13.5. The van der Waals surface area contributed by atoms with Gasteiger partial charge in [-0.3, -0.25) is 14.4 Å². The van der Waals surface area contributed by atoms with Crippen LogP contribution in [0, 0.1) is 0 Å². The van der Waals surface area contributed by atoms with Gasteiger partial charge in [-0.25, -0.2) is 0 Å². The highest BCUT2D eigenvalue weighted by Gasteiger charge is 2.46. The molecule has 0 aliphatic carbocycles. The van der Waals surface area contributed by atoms with Crippen molar-refractivity contribution in [3.05, 3.63) is 34.9 Å². The van der Waals surface area contributed by atoms with E-state index in [1.54, 1.807) is 17.0 Å². The van der Waals surface area contributed by atoms with Gasteiger partial charge in [0.25, 0.3) is 0 Å². The highest BCUT2D eigenvalue weighted by Crippen LogP contribution is 2.32. The lowest BCUT2D eigenvalue weighted by Gasteiger charge is -2.37. The summed E-state index contributed by atoms with van der Waals surface area (Å²) in [5.41, 5.74) is 6.21. The molecule has 3 atom stereocenters. The van der Waals surface area contributed by atoms with E-state index in [1.165, 1.54) is 0 Å². The molecule has 7 nitrogen and oxygen atoms in total. The topological polar surface area (TPSA) is 105 Å². The molecule has 2 aliphatic heterocycles. The number of nitrogens with two attached hydrogens (primary N) is 1. The molecule has 28 heavy (non-hydrogen) atoms. The van der Waals surface area contributed by atoms with Gasteiger partial charge in [-0.05, 0) is 43.4 Å². The zero-order chi connectivity index (χ0) is 20.7. The summed E-state index contributed by atoms with van der Waals surface area (Å²) in [6.07, 6.45) is 2.80. The quantitative estimate of drug-likeness (QED) is 0.687. The molecule has 1 aromatic rings. The van der Waals surface area contributed by atoms with Crippen molar-refractivity contribution in [1.82, 2.24) is 15.5 Å². The fraction of sp³-hybridized carbons (Fsp3) is 0.550. The normalized spacial score (nSPS) is 23.4. The number of carbonyl (C=O) groups excluding carboxylic acids is 3. The minimum Gasteiger partial charge on any atom is -0.350 e. The lowest BCUT2D eigenvalue weighted by atomic mass is 9.98. The number of hydrogen-bond donors (Lipinski definition) is 3. The van der Waals surface area contributed by atoms with Crippen molar-refractivity contribution < 1.29 is 14.4 Å². The predicted molar refractivity (Wildman–Crippen MR) is 109 cm³/mol. The van der Waals surface area contributed by atoms with Gasteiger partial charge in [-0.1, -0.05) is 37.6 Å². The maximum atomic E-state index is 12.8. The first-order valence-corrected chi connectivity index (χ1v) is 10.2. The Labute approximate surface area is 171 Å². The number of nitrogens with zero attached hydrogens (tertiary/aromatic N) is 1. The van der Waals surface area contributed by atoms with E-state index < -0.39 is 12.1 Å². The fourth-order valence-corrected chi connectivity index (χ4v) is 3.97. The van der Waals surface area contributed by atoms with Crippen molar-refractivity contribution in [3.8, 4) is 0 Å². The van der Waals surface area contributed by atoms with E-state index in [2.05, 4.69) is 10.6 Å². The van der Waals surface area contributed by atoms with Crippen LogP contribution in [-0.2, 0) is 20.9 Å². The van der Waals surface area contributed by atoms with Gasteiger partial charge in [-0.15, -0.1) is 0 Å². The van der Waals surface area contributed by atoms with Crippen LogP contribution in [0.5, 0.6) is 0 Å². The second-order valence-corrected chi connectivity index (χ2v) is 7.18. The molecule has 8 heteroatoms. The van der Waals surface area contributed by atoms with Gasteiger partial charge in [0.1, 0.15) is 12.1 Å². The molecule has 0 aromatic heterocycles. The lowest BCUT2D eigenvalue weighted by molar-refractivity contribution is -0.146. The molecular weight excluding hydrogens is 380 g/mol. The Hall–Kier alpha value is -2.12. The van der Waals surface area contributed by atoms with Gasteiger partial charge in [-0.2, -0.15) is 0 Å². The number of fused-ring (bicyclic) bond motifs is 1. The SMILES string of the molecule is CC.NCC(=O)NC1CCC2CC[C@@H](C(=O)NCc3cccc(Cl)c3)N2C1=O. The molecule has 2 fully saturated rings. The smallest absolute Gasteiger partial charge is 0.246 e. The summed E-state index contributed by atoms with van der Waals surface area (Å²) >= 11 is 5.96. The molecule has 1 aromatic carbocycles. The lowest BCUT2D eigenvalue weighted by Crippen LogP contribution is -2.59. The molecular formula is C20H29ClN4O3. The first-order valence-electron chi connectivity index (χ1n) is 9.83. The van der Waals surface area contributed by atoms with Crippen LogP contribution >= 0.6 is 11.6 Å². The van der Waals surface area contributed by atoms with E-state index >= 15 is 0 Å². The molecule has 3 rings (SSSR count). The maximum Gasteiger partial charge on any atom is 0.246 e. The summed E-state index contributed by atoms with van der Waals surface area (Å²) in [5.74, 6) is -0.724. The first kappa shape index (κ1) is 22.2. The Morgan fingerprint density at radius 1 is 1.21 bits per heavy atom. The standard InChI is InChI=1S/C18H23ClN4O3.C2H6/c19-12-3-1-2-11(8-12)10-21-17(25)15-7-5-13-4-6-14(18(26)23(13)15)22-16(24)9-20;1-2/h1-3,8,13-15H,4-7,9-10,20H2,(H,21,25)(H,22,24);1-2H3/t13?,14?,15-;/m0./s1. The van der Waals surface area contributed by atoms with Gasteiger partial charge in [0.2, 0.25) is 17.7 Å².